The second kappa shape index (κ2) is 7.24. The van der Waals surface area contributed by atoms with E-state index >= 15 is 0 Å². The van der Waals surface area contributed by atoms with Crippen molar-refractivity contribution in [2.45, 2.75) is 20.4 Å². The molecule has 0 spiro atoms. The SMILES string of the molecule is Br.CCOC(=O)c1sc2ncn(N3Cc4ccccc4C3=N)c(=O)c2c1C. The van der Waals surface area contributed by atoms with Gasteiger partial charge in [0.2, 0.25) is 0 Å². The number of hydrogen-bond donors (Lipinski definition) is 1. The number of nitrogens with zero attached hydrogens (tertiary/aromatic N) is 3. The van der Waals surface area contributed by atoms with Crippen molar-refractivity contribution >= 4 is 50.3 Å². The van der Waals surface area contributed by atoms with Gasteiger partial charge in [-0.15, -0.1) is 28.3 Å². The van der Waals surface area contributed by atoms with Crippen LogP contribution in [0.2, 0.25) is 0 Å². The van der Waals surface area contributed by atoms with Crippen LogP contribution in [0.1, 0.15) is 33.3 Å². The van der Waals surface area contributed by atoms with Gasteiger partial charge in [0.05, 0.1) is 18.5 Å². The van der Waals surface area contributed by atoms with Crippen LogP contribution in [0, 0.1) is 12.3 Å². The summed E-state index contributed by atoms with van der Waals surface area (Å²) < 4.78 is 6.40. The highest BCUT2D eigenvalue weighted by molar-refractivity contribution is 8.93. The summed E-state index contributed by atoms with van der Waals surface area (Å²) in [5.74, 6) is -0.192. The van der Waals surface area contributed by atoms with Gasteiger partial charge in [-0.1, -0.05) is 24.3 Å². The molecule has 2 aromatic heterocycles. The Kier molecular flexibility index (Phi) is 5.16. The first kappa shape index (κ1) is 19.2. The Morgan fingerprint density at radius 3 is 2.81 bits per heavy atom. The first-order chi connectivity index (χ1) is 12.5. The summed E-state index contributed by atoms with van der Waals surface area (Å²) >= 11 is 1.15. The van der Waals surface area contributed by atoms with E-state index in [-0.39, 0.29) is 35.0 Å². The lowest BCUT2D eigenvalue weighted by Crippen LogP contribution is -2.42. The number of ether oxygens (including phenoxy) is 1. The van der Waals surface area contributed by atoms with E-state index in [4.69, 9.17) is 10.1 Å². The molecule has 0 saturated heterocycles. The van der Waals surface area contributed by atoms with Crippen molar-refractivity contribution in [2.24, 2.45) is 0 Å². The zero-order valence-corrected chi connectivity index (χ0v) is 17.2. The largest absolute Gasteiger partial charge is 0.462 e. The van der Waals surface area contributed by atoms with E-state index in [9.17, 15) is 9.59 Å². The molecule has 1 aliphatic rings. The molecule has 140 valence electrons. The smallest absolute Gasteiger partial charge is 0.348 e. The number of aryl methyl sites for hydroxylation is 1. The summed E-state index contributed by atoms with van der Waals surface area (Å²) in [4.78, 5) is 30.4. The zero-order valence-electron chi connectivity index (χ0n) is 14.7. The van der Waals surface area contributed by atoms with E-state index in [1.165, 1.54) is 11.0 Å². The van der Waals surface area contributed by atoms with Crippen LogP contribution in [0.5, 0.6) is 0 Å². The molecule has 0 bridgehead atoms. The Morgan fingerprint density at radius 1 is 1.37 bits per heavy atom. The third-order valence-electron chi connectivity index (χ3n) is 4.41. The highest BCUT2D eigenvalue weighted by Gasteiger charge is 2.27. The Morgan fingerprint density at radius 2 is 2.11 bits per heavy atom. The van der Waals surface area contributed by atoms with Gasteiger partial charge in [-0.05, 0) is 25.0 Å². The second-order valence-corrected chi connectivity index (χ2v) is 6.91. The van der Waals surface area contributed by atoms with Gasteiger partial charge in [0.25, 0.3) is 5.56 Å². The quantitative estimate of drug-likeness (QED) is 0.622. The van der Waals surface area contributed by atoms with Crippen LogP contribution in [0.3, 0.4) is 0 Å². The minimum Gasteiger partial charge on any atom is -0.462 e. The fourth-order valence-corrected chi connectivity index (χ4v) is 4.16. The third kappa shape index (κ3) is 2.96. The van der Waals surface area contributed by atoms with Crippen LogP contribution in [-0.2, 0) is 11.3 Å². The fraction of sp³-hybridized carbons (Fsp3) is 0.222. The minimum absolute atomic E-state index is 0. The van der Waals surface area contributed by atoms with Crippen LogP contribution in [-0.4, -0.2) is 28.1 Å². The molecular formula is C18H17BrN4O3S. The van der Waals surface area contributed by atoms with Gasteiger partial charge in [-0.25, -0.2) is 14.5 Å². The first-order valence-corrected chi connectivity index (χ1v) is 8.97. The van der Waals surface area contributed by atoms with E-state index in [0.717, 1.165) is 22.5 Å². The van der Waals surface area contributed by atoms with Gasteiger partial charge in [0, 0.05) is 5.56 Å². The van der Waals surface area contributed by atoms with Crippen LogP contribution < -0.4 is 10.6 Å². The standard InChI is InChI=1S/C18H16N4O3S.BrH/c1-3-25-18(24)14-10(2)13-16(26-14)20-9-22(17(13)23)21-8-11-6-4-5-7-12(11)15(21)19;/h4-7,9,19H,3,8H2,1-2H3;1H. The van der Waals surface area contributed by atoms with Gasteiger partial charge in [0.15, 0.2) is 0 Å². The molecule has 3 heterocycles. The van der Waals surface area contributed by atoms with E-state index in [1.807, 2.05) is 24.3 Å². The zero-order chi connectivity index (χ0) is 18.4. The van der Waals surface area contributed by atoms with Crippen molar-refractivity contribution in [1.29, 1.82) is 5.41 Å². The maximum absolute atomic E-state index is 13.1. The van der Waals surface area contributed by atoms with Crippen molar-refractivity contribution < 1.29 is 9.53 Å². The first-order valence-electron chi connectivity index (χ1n) is 8.15. The topological polar surface area (TPSA) is 88.3 Å². The van der Waals surface area contributed by atoms with Crippen molar-refractivity contribution in [3.05, 3.63) is 62.5 Å². The van der Waals surface area contributed by atoms with Gasteiger partial charge in [-0.3, -0.25) is 15.2 Å². The molecule has 9 heteroatoms. The molecule has 3 aromatic rings. The summed E-state index contributed by atoms with van der Waals surface area (Å²) in [6, 6.07) is 7.59. The monoisotopic (exact) mass is 448 g/mol. The number of rotatable bonds is 3. The fourth-order valence-electron chi connectivity index (χ4n) is 3.13. The minimum atomic E-state index is -0.444. The molecule has 1 N–H and O–H groups in total. The highest BCUT2D eigenvalue weighted by atomic mass is 79.9. The maximum Gasteiger partial charge on any atom is 0.348 e. The normalized spacial score (nSPS) is 12.8. The molecule has 7 nitrogen and oxygen atoms in total. The molecule has 0 atom stereocenters. The Hall–Kier alpha value is -2.52. The predicted molar refractivity (Wildman–Crippen MR) is 110 cm³/mol. The Balaban J connectivity index is 0.00000210. The summed E-state index contributed by atoms with van der Waals surface area (Å²) in [5.41, 5.74) is 2.06. The van der Waals surface area contributed by atoms with Crippen molar-refractivity contribution in [3.8, 4) is 0 Å². The number of carbonyl (C=O) groups excluding carboxylic acids is 1. The van der Waals surface area contributed by atoms with E-state index in [0.29, 0.717) is 27.2 Å². The third-order valence-corrected chi connectivity index (χ3v) is 5.59. The van der Waals surface area contributed by atoms with Crippen LogP contribution in [0.25, 0.3) is 10.2 Å². The Bertz CT molecular complexity index is 1120. The average molecular weight is 449 g/mol. The maximum atomic E-state index is 13.1. The average Bonchev–Trinajstić information content (AvgIpc) is 3.14. The molecule has 0 amide bonds. The molecule has 0 saturated carbocycles. The molecule has 0 radical (unpaired) electrons. The molecule has 0 fully saturated rings. The van der Waals surface area contributed by atoms with Crippen LogP contribution in [0.4, 0.5) is 0 Å². The number of fused-ring (bicyclic) bond motifs is 2. The second-order valence-electron chi connectivity index (χ2n) is 5.91. The van der Waals surface area contributed by atoms with Gasteiger partial charge >= 0.3 is 5.97 Å². The number of nitrogens with one attached hydrogen (secondary N) is 1. The van der Waals surface area contributed by atoms with Crippen LogP contribution >= 0.6 is 28.3 Å². The highest BCUT2D eigenvalue weighted by Crippen LogP contribution is 2.28. The number of halogens is 1. The van der Waals surface area contributed by atoms with Gasteiger partial charge in [0.1, 0.15) is 21.9 Å². The van der Waals surface area contributed by atoms with Crippen molar-refractivity contribution in [3.63, 3.8) is 0 Å². The van der Waals surface area contributed by atoms with Gasteiger partial charge < -0.3 is 4.74 Å². The molecular weight excluding hydrogens is 432 g/mol. The number of esters is 1. The van der Waals surface area contributed by atoms with Crippen molar-refractivity contribution in [2.75, 3.05) is 11.6 Å². The van der Waals surface area contributed by atoms with Crippen LogP contribution in [0.15, 0.2) is 35.4 Å². The lowest BCUT2D eigenvalue weighted by atomic mass is 10.1. The number of amidine groups is 1. The lowest BCUT2D eigenvalue weighted by molar-refractivity contribution is 0.0531. The van der Waals surface area contributed by atoms with E-state index in [1.54, 1.807) is 18.9 Å². The number of hydrogen-bond acceptors (Lipinski definition) is 6. The number of benzene rings is 1. The molecule has 4 rings (SSSR count). The lowest BCUT2D eigenvalue weighted by Gasteiger charge is -2.19. The number of carbonyl (C=O) groups is 1. The molecule has 27 heavy (non-hydrogen) atoms. The summed E-state index contributed by atoms with van der Waals surface area (Å²) in [5, 5.41) is 10.4. The summed E-state index contributed by atoms with van der Waals surface area (Å²) in [7, 11) is 0. The van der Waals surface area contributed by atoms with Crippen molar-refractivity contribution in [1.82, 2.24) is 9.66 Å². The predicted octanol–water partition coefficient (Wildman–Crippen LogP) is 3.00. The number of aromatic nitrogens is 2. The molecule has 1 aliphatic heterocycles. The molecule has 0 aliphatic carbocycles. The summed E-state index contributed by atoms with van der Waals surface area (Å²) in [6.45, 7) is 4.16. The van der Waals surface area contributed by atoms with E-state index in [2.05, 4.69) is 4.98 Å². The summed E-state index contributed by atoms with van der Waals surface area (Å²) in [6.07, 6.45) is 1.41. The van der Waals surface area contributed by atoms with E-state index < -0.39 is 5.97 Å². The molecule has 1 aromatic carbocycles. The Labute approximate surface area is 169 Å². The van der Waals surface area contributed by atoms with Gasteiger partial charge in [-0.2, -0.15) is 0 Å². The molecule has 0 unspecified atom stereocenters. The number of thiophene rings is 1.